The fourth-order valence-corrected chi connectivity index (χ4v) is 2.22. The largest absolute Gasteiger partial charge is 0.485 e. The number of hydrogen-bond acceptors (Lipinski definition) is 3. The van der Waals surface area contributed by atoms with E-state index < -0.39 is 23.2 Å². The predicted molar refractivity (Wildman–Crippen MR) is 76.2 cm³/mol. The Bertz CT molecular complexity index is 660. The fraction of sp³-hybridized carbons (Fsp3) is 0.133. The Kier molecular flexibility index (Phi) is 4.90. The molecule has 6 heteroatoms. The first-order chi connectivity index (χ1) is 10.0. The Morgan fingerprint density at radius 3 is 2.48 bits per heavy atom. The molecular formula is C15H11BrF2O3. The smallest absolute Gasteiger partial charge is 0.341 e. The van der Waals surface area contributed by atoms with Crippen LogP contribution in [0.15, 0.2) is 40.9 Å². The van der Waals surface area contributed by atoms with Gasteiger partial charge in [-0.05, 0) is 27.6 Å². The number of halogens is 3. The highest BCUT2D eigenvalue weighted by molar-refractivity contribution is 9.10. The third-order valence-electron chi connectivity index (χ3n) is 2.75. The number of esters is 1. The molecule has 21 heavy (non-hydrogen) atoms. The molecule has 0 atom stereocenters. The number of ether oxygens (including phenoxy) is 2. The van der Waals surface area contributed by atoms with E-state index in [2.05, 4.69) is 20.7 Å². The van der Waals surface area contributed by atoms with Gasteiger partial charge in [-0.1, -0.05) is 30.3 Å². The van der Waals surface area contributed by atoms with Crippen molar-refractivity contribution < 1.29 is 23.0 Å². The van der Waals surface area contributed by atoms with Crippen molar-refractivity contribution in [3.63, 3.8) is 0 Å². The summed E-state index contributed by atoms with van der Waals surface area (Å²) in [6.45, 7) is 0.0768. The van der Waals surface area contributed by atoms with Crippen molar-refractivity contribution in [2.24, 2.45) is 0 Å². The van der Waals surface area contributed by atoms with Gasteiger partial charge in [0.15, 0.2) is 11.6 Å². The monoisotopic (exact) mass is 356 g/mol. The predicted octanol–water partition coefficient (Wildman–Crippen LogP) is 4.09. The van der Waals surface area contributed by atoms with Crippen LogP contribution in [0.1, 0.15) is 15.9 Å². The van der Waals surface area contributed by atoms with Crippen LogP contribution < -0.4 is 4.74 Å². The molecule has 110 valence electrons. The van der Waals surface area contributed by atoms with Gasteiger partial charge in [0, 0.05) is 0 Å². The lowest BCUT2D eigenvalue weighted by atomic mass is 10.2. The molecule has 0 bridgehead atoms. The summed E-state index contributed by atoms with van der Waals surface area (Å²) in [5, 5.41) is 0. The minimum absolute atomic E-state index is 0.0768. The van der Waals surface area contributed by atoms with Crippen molar-refractivity contribution in [2.75, 3.05) is 7.11 Å². The number of methoxy groups -OCH3 is 1. The van der Waals surface area contributed by atoms with Crippen LogP contribution in [0.5, 0.6) is 5.75 Å². The van der Waals surface area contributed by atoms with E-state index in [1.54, 1.807) is 12.1 Å². The summed E-state index contributed by atoms with van der Waals surface area (Å²) in [6, 6.07) is 10.2. The minimum atomic E-state index is -1.30. The van der Waals surface area contributed by atoms with Gasteiger partial charge < -0.3 is 9.47 Å². The first kappa shape index (κ1) is 15.4. The highest BCUT2D eigenvalue weighted by atomic mass is 79.9. The molecule has 0 aliphatic heterocycles. The van der Waals surface area contributed by atoms with Gasteiger partial charge in [0.1, 0.15) is 6.61 Å². The summed E-state index contributed by atoms with van der Waals surface area (Å²) in [6.07, 6.45) is 0. The molecule has 2 rings (SSSR count). The van der Waals surface area contributed by atoms with Crippen molar-refractivity contribution in [3.8, 4) is 5.75 Å². The zero-order chi connectivity index (χ0) is 15.4. The normalized spacial score (nSPS) is 10.3. The molecule has 0 fully saturated rings. The fourth-order valence-electron chi connectivity index (χ4n) is 1.70. The van der Waals surface area contributed by atoms with Gasteiger partial charge in [0.05, 0.1) is 17.1 Å². The molecule has 0 amide bonds. The summed E-state index contributed by atoms with van der Waals surface area (Å²) in [5.74, 6) is -3.78. The van der Waals surface area contributed by atoms with Gasteiger partial charge in [-0.2, -0.15) is 4.39 Å². The molecule has 0 aliphatic rings. The van der Waals surface area contributed by atoms with E-state index in [0.717, 1.165) is 18.7 Å². The second-order valence-corrected chi connectivity index (χ2v) is 4.98. The van der Waals surface area contributed by atoms with Gasteiger partial charge in [-0.25, -0.2) is 9.18 Å². The minimum Gasteiger partial charge on any atom is -0.485 e. The van der Waals surface area contributed by atoms with Crippen LogP contribution in [-0.2, 0) is 11.3 Å². The Hall–Kier alpha value is -1.95. The molecular weight excluding hydrogens is 346 g/mol. The number of carbonyl (C=O) groups excluding carboxylic acids is 1. The quantitative estimate of drug-likeness (QED) is 0.611. The standard InChI is InChI=1S/C15H11BrF2O3/c1-20-15(19)10-7-11(16)14(13(18)12(10)17)21-8-9-5-3-2-4-6-9/h2-7H,8H2,1H3. The van der Waals surface area contributed by atoms with E-state index in [4.69, 9.17) is 4.74 Å². The van der Waals surface area contributed by atoms with E-state index in [-0.39, 0.29) is 16.8 Å². The van der Waals surface area contributed by atoms with Gasteiger partial charge >= 0.3 is 5.97 Å². The van der Waals surface area contributed by atoms with Crippen molar-refractivity contribution in [3.05, 3.63) is 63.6 Å². The Morgan fingerprint density at radius 2 is 1.86 bits per heavy atom. The number of hydrogen-bond donors (Lipinski definition) is 0. The zero-order valence-corrected chi connectivity index (χ0v) is 12.6. The molecule has 0 saturated carbocycles. The van der Waals surface area contributed by atoms with Crippen LogP contribution in [-0.4, -0.2) is 13.1 Å². The highest BCUT2D eigenvalue weighted by Gasteiger charge is 2.23. The van der Waals surface area contributed by atoms with Crippen LogP contribution in [0.25, 0.3) is 0 Å². The van der Waals surface area contributed by atoms with Crippen LogP contribution in [0.2, 0.25) is 0 Å². The van der Waals surface area contributed by atoms with Crippen molar-refractivity contribution >= 4 is 21.9 Å². The maximum absolute atomic E-state index is 14.0. The van der Waals surface area contributed by atoms with Crippen molar-refractivity contribution in [1.82, 2.24) is 0 Å². The van der Waals surface area contributed by atoms with Gasteiger partial charge in [-0.15, -0.1) is 0 Å². The molecule has 3 nitrogen and oxygen atoms in total. The van der Waals surface area contributed by atoms with Crippen molar-refractivity contribution in [2.45, 2.75) is 6.61 Å². The first-order valence-corrected chi connectivity index (χ1v) is 6.76. The molecule has 2 aromatic rings. The SMILES string of the molecule is COC(=O)c1cc(Br)c(OCc2ccccc2)c(F)c1F. The molecule has 2 aromatic carbocycles. The summed E-state index contributed by atoms with van der Waals surface area (Å²) in [4.78, 5) is 11.3. The maximum Gasteiger partial charge on any atom is 0.341 e. The molecule has 0 radical (unpaired) electrons. The lowest BCUT2D eigenvalue weighted by Crippen LogP contribution is -2.08. The average molecular weight is 357 g/mol. The molecule has 0 aromatic heterocycles. The van der Waals surface area contributed by atoms with Crippen molar-refractivity contribution in [1.29, 1.82) is 0 Å². The number of carbonyl (C=O) groups is 1. The van der Waals surface area contributed by atoms with E-state index in [1.165, 1.54) is 0 Å². The van der Waals surface area contributed by atoms with Gasteiger partial charge in [0.25, 0.3) is 0 Å². The Balaban J connectivity index is 2.28. The maximum atomic E-state index is 14.0. The van der Waals surface area contributed by atoms with Gasteiger partial charge in [0.2, 0.25) is 5.82 Å². The molecule has 0 spiro atoms. The first-order valence-electron chi connectivity index (χ1n) is 5.97. The summed E-state index contributed by atoms with van der Waals surface area (Å²) in [7, 11) is 1.09. The Morgan fingerprint density at radius 1 is 1.19 bits per heavy atom. The summed E-state index contributed by atoms with van der Waals surface area (Å²) in [5.41, 5.74) is 0.315. The Labute approximate surface area is 128 Å². The van der Waals surface area contributed by atoms with Crippen LogP contribution in [0.4, 0.5) is 8.78 Å². The molecule has 0 heterocycles. The van der Waals surface area contributed by atoms with Gasteiger partial charge in [-0.3, -0.25) is 0 Å². The second kappa shape index (κ2) is 6.67. The average Bonchev–Trinajstić information content (AvgIpc) is 2.51. The third kappa shape index (κ3) is 3.39. The summed E-state index contributed by atoms with van der Waals surface area (Å²) < 4.78 is 37.6. The van der Waals surface area contributed by atoms with E-state index in [1.807, 2.05) is 18.2 Å². The van der Waals surface area contributed by atoms with E-state index in [0.29, 0.717) is 0 Å². The van der Waals surface area contributed by atoms with Crippen LogP contribution in [0, 0.1) is 11.6 Å². The highest BCUT2D eigenvalue weighted by Crippen LogP contribution is 2.33. The second-order valence-electron chi connectivity index (χ2n) is 4.13. The molecule has 0 N–H and O–H groups in total. The summed E-state index contributed by atoms with van der Waals surface area (Å²) >= 11 is 3.06. The number of rotatable bonds is 4. The molecule has 0 saturated heterocycles. The van der Waals surface area contributed by atoms with Crippen LogP contribution >= 0.6 is 15.9 Å². The zero-order valence-electron chi connectivity index (χ0n) is 11.0. The molecule has 0 aliphatic carbocycles. The topological polar surface area (TPSA) is 35.5 Å². The molecule has 0 unspecified atom stereocenters. The third-order valence-corrected chi connectivity index (χ3v) is 3.34. The lowest BCUT2D eigenvalue weighted by molar-refractivity contribution is 0.0594. The number of benzene rings is 2. The van der Waals surface area contributed by atoms with E-state index >= 15 is 0 Å². The van der Waals surface area contributed by atoms with E-state index in [9.17, 15) is 13.6 Å². The van der Waals surface area contributed by atoms with Crippen LogP contribution in [0.3, 0.4) is 0 Å². The lowest BCUT2D eigenvalue weighted by Gasteiger charge is -2.12.